The highest BCUT2D eigenvalue weighted by Crippen LogP contribution is 2.76. The second-order valence-electron chi connectivity index (χ2n) is 14.1. The molecule has 9 atom stereocenters. The Morgan fingerprint density at radius 3 is 2.15 bits per heavy atom. The molecular formula is C29H46O4. The maximum Gasteiger partial charge on any atom is 0.306 e. The zero-order valence-electron chi connectivity index (χ0n) is 22.1. The van der Waals surface area contributed by atoms with Crippen LogP contribution in [0.2, 0.25) is 0 Å². The first-order valence-corrected chi connectivity index (χ1v) is 13.7. The molecule has 0 aromatic heterocycles. The first-order valence-electron chi connectivity index (χ1n) is 13.7. The number of hydrogen-bond acceptors (Lipinski definition) is 4. The molecule has 1 heterocycles. The Balaban J connectivity index is 1.45. The van der Waals surface area contributed by atoms with E-state index in [9.17, 15) is 9.59 Å². The molecule has 0 amide bonds. The van der Waals surface area contributed by atoms with Crippen molar-refractivity contribution in [2.45, 2.75) is 124 Å². The summed E-state index contributed by atoms with van der Waals surface area (Å²) in [5, 5.41) is 0. The van der Waals surface area contributed by atoms with Crippen LogP contribution < -0.4 is 0 Å². The predicted molar refractivity (Wildman–Crippen MR) is 128 cm³/mol. The summed E-state index contributed by atoms with van der Waals surface area (Å²) in [6.45, 7) is 16.3. The van der Waals surface area contributed by atoms with Gasteiger partial charge in [0.1, 0.15) is 11.7 Å². The summed E-state index contributed by atoms with van der Waals surface area (Å²) >= 11 is 0. The molecule has 5 rings (SSSR count). The average molecular weight is 459 g/mol. The molecule has 33 heavy (non-hydrogen) atoms. The summed E-state index contributed by atoms with van der Waals surface area (Å²) in [7, 11) is 0. The number of cyclic esters (lactones) is 1. The smallest absolute Gasteiger partial charge is 0.306 e. The maximum atomic E-state index is 12.0. The molecule has 4 aliphatic carbocycles. The fraction of sp³-hybridized carbons (Fsp3) is 0.931. The van der Waals surface area contributed by atoms with Gasteiger partial charge >= 0.3 is 11.9 Å². The highest BCUT2D eigenvalue weighted by Gasteiger charge is 2.70. The zero-order chi connectivity index (χ0) is 24.0. The minimum atomic E-state index is -0.256. The van der Waals surface area contributed by atoms with Gasteiger partial charge < -0.3 is 9.47 Å². The molecule has 0 bridgehead atoms. The van der Waals surface area contributed by atoms with Gasteiger partial charge in [0, 0.05) is 24.7 Å². The summed E-state index contributed by atoms with van der Waals surface area (Å²) in [6, 6.07) is 0. The standard InChI is InChI=1S/C29H46O4/c1-18(30)32-23-12-14-26(4)21(25(23,2)3)11-16-28(6)22(26)9-8-19-20(10-15-27(19,28)5)29(7)17-13-24(31)33-29/h19-23H,8-17H2,1-7H3/t19?,20?,21?,22?,23?,26-,27+,28+,29-/m0/s1. The number of fused-ring (bicyclic) bond motifs is 5. The van der Waals surface area contributed by atoms with Crippen molar-refractivity contribution in [2.24, 2.45) is 45.3 Å². The van der Waals surface area contributed by atoms with E-state index in [1.807, 2.05) is 0 Å². The molecule has 4 heteroatoms. The molecule has 0 spiro atoms. The molecule has 186 valence electrons. The fourth-order valence-electron chi connectivity index (χ4n) is 10.8. The first kappa shape index (κ1) is 23.7. The van der Waals surface area contributed by atoms with E-state index in [2.05, 4.69) is 41.5 Å². The molecule has 0 aromatic carbocycles. The van der Waals surface area contributed by atoms with E-state index in [4.69, 9.17) is 9.47 Å². The van der Waals surface area contributed by atoms with Crippen LogP contribution in [-0.4, -0.2) is 23.6 Å². The number of hydrogen-bond donors (Lipinski definition) is 0. The second-order valence-corrected chi connectivity index (χ2v) is 14.1. The van der Waals surface area contributed by atoms with Gasteiger partial charge in [-0.05, 0) is 98.7 Å². The van der Waals surface area contributed by atoms with Crippen molar-refractivity contribution < 1.29 is 19.1 Å². The van der Waals surface area contributed by atoms with E-state index >= 15 is 0 Å². The highest BCUT2D eigenvalue weighted by atomic mass is 16.6. The van der Waals surface area contributed by atoms with Crippen molar-refractivity contribution in [3.05, 3.63) is 0 Å². The summed E-state index contributed by atoms with van der Waals surface area (Å²) < 4.78 is 11.9. The first-order chi connectivity index (χ1) is 15.3. The molecule has 5 aliphatic rings. The minimum absolute atomic E-state index is 0.00536. The molecule has 4 nitrogen and oxygen atoms in total. The van der Waals surface area contributed by atoms with E-state index in [1.54, 1.807) is 6.92 Å². The van der Waals surface area contributed by atoms with Crippen LogP contribution in [0, 0.1) is 45.3 Å². The fourth-order valence-corrected chi connectivity index (χ4v) is 10.8. The molecular weight excluding hydrogens is 412 g/mol. The summed E-state index contributed by atoms with van der Waals surface area (Å²) in [4.78, 5) is 23.9. The van der Waals surface area contributed by atoms with Crippen molar-refractivity contribution >= 4 is 11.9 Å². The predicted octanol–water partition coefficient (Wildman–Crippen LogP) is 6.70. The Morgan fingerprint density at radius 1 is 0.818 bits per heavy atom. The van der Waals surface area contributed by atoms with Crippen LogP contribution in [0.3, 0.4) is 0 Å². The number of carbonyl (C=O) groups is 2. The Bertz CT molecular complexity index is 849. The van der Waals surface area contributed by atoms with E-state index in [1.165, 1.54) is 44.9 Å². The molecule has 1 saturated heterocycles. The Labute approximate surface area is 200 Å². The van der Waals surface area contributed by atoms with Crippen molar-refractivity contribution in [3.63, 3.8) is 0 Å². The summed E-state index contributed by atoms with van der Waals surface area (Å²) in [6.07, 6.45) is 11.2. The molecule has 0 aromatic rings. The quantitative estimate of drug-likeness (QED) is 0.432. The normalized spacial score (nSPS) is 52.9. The van der Waals surface area contributed by atoms with Gasteiger partial charge in [-0.2, -0.15) is 0 Å². The van der Waals surface area contributed by atoms with Gasteiger partial charge in [0.25, 0.3) is 0 Å². The topological polar surface area (TPSA) is 52.6 Å². The van der Waals surface area contributed by atoms with Crippen molar-refractivity contribution in [2.75, 3.05) is 0 Å². The van der Waals surface area contributed by atoms with E-state index in [-0.39, 0.29) is 29.1 Å². The maximum absolute atomic E-state index is 12.0. The average Bonchev–Trinajstić information content (AvgIpc) is 3.25. The third kappa shape index (κ3) is 3.07. The largest absolute Gasteiger partial charge is 0.462 e. The lowest BCUT2D eigenvalue weighted by Crippen LogP contribution is -2.64. The lowest BCUT2D eigenvalue weighted by Gasteiger charge is -2.70. The molecule has 0 radical (unpaired) electrons. The lowest BCUT2D eigenvalue weighted by molar-refractivity contribution is -0.229. The number of esters is 2. The Morgan fingerprint density at radius 2 is 1.52 bits per heavy atom. The van der Waals surface area contributed by atoms with Crippen LogP contribution in [0.5, 0.6) is 0 Å². The van der Waals surface area contributed by atoms with Crippen LogP contribution in [-0.2, 0) is 19.1 Å². The van der Waals surface area contributed by atoms with Gasteiger partial charge in [-0.3, -0.25) is 9.59 Å². The second kappa shape index (κ2) is 7.23. The third-order valence-electron chi connectivity index (χ3n) is 12.6. The molecule has 0 N–H and O–H groups in total. The van der Waals surface area contributed by atoms with Gasteiger partial charge in [-0.1, -0.05) is 34.6 Å². The Hall–Kier alpha value is -1.06. The van der Waals surface area contributed by atoms with Gasteiger partial charge in [0.15, 0.2) is 0 Å². The van der Waals surface area contributed by atoms with Gasteiger partial charge in [-0.25, -0.2) is 0 Å². The van der Waals surface area contributed by atoms with Crippen LogP contribution >= 0.6 is 0 Å². The van der Waals surface area contributed by atoms with Gasteiger partial charge in [0.2, 0.25) is 0 Å². The van der Waals surface area contributed by atoms with Crippen LogP contribution in [0.4, 0.5) is 0 Å². The van der Waals surface area contributed by atoms with E-state index < -0.39 is 0 Å². The summed E-state index contributed by atoms with van der Waals surface area (Å²) in [5.74, 6) is 2.33. The van der Waals surface area contributed by atoms with Crippen molar-refractivity contribution in [3.8, 4) is 0 Å². The monoisotopic (exact) mass is 458 g/mol. The van der Waals surface area contributed by atoms with Gasteiger partial charge in [-0.15, -0.1) is 0 Å². The van der Waals surface area contributed by atoms with Crippen LogP contribution in [0.1, 0.15) is 113 Å². The lowest BCUT2D eigenvalue weighted by atomic mass is 9.35. The van der Waals surface area contributed by atoms with Crippen molar-refractivity contribution in [1.29, 1.82) is 0 Å². The molecule has 1 aliphatic heterocycles. The number of rotatable bonds is 2. The van der Waals surface area contributed by atoms with E-state index in [0.29, 0.717) is 46.3 Å². The van der Waals surface area contributed by atoms with Crippen LogP contribution in [0.25, 0.3) is 0 Å². The van der Waals surface area contributed by atoms with Crippen molar-refractivity contribution in [1.82, 2.24) is 0 Å². The number of carbonyl (C=O) groups excluding carboxylic acids is 2. The minimum Gasteiger partial charge on any atom is -0.462 e. The summed E-state index contributed by atoms with van der Waals surface area (Å²) in [5.41, 5.74) is 0.682. The Kier molecular flexibility index (Phi) is 5.19. The zero-order valence-corrected chi connectivity index (χ0v) is 22.1. The van der Waals surface area contributed by atoms with E-state index in [0.717, 1.165) is 12.8 Å². The third-order valence-corrected chi connectivity index (χ3v) is 12.6. The molecule has 4 saturated carbocycles. The SMILES string of the molecule is CC(=O)OC1CC[C@@]2(C)C(CC[C@]3(C)C2CCC2C([C@]4(C)CCC(=O)O4)CC[C@]23C)C1(C)C. The highest BCUT2D eigenvalue weighted by molar-refractivity contribution is 5.72. The molecule has 5 unspecified atom stereocenters. The van der Waals surface area contributed by atoms with Gasteiger partial charge in [0.05, 0.1) is 0 Å². The number of ether oxygens (including phenoxy) is 2. The van der Waals surface area contributed by atoms with Crippen LogP contribution in [0.15, 0.2) is 0 Å². The molecule has 5 fully saturated rings.